The molecule has 37 heavy (non-hydrogen) atoms. The first kappa shape index (κ1) is 28.6. The van der Waals surface area contributed by atoms with Crippen LogP contribution >= 0.6 is 23.5 Å². The number of hydrogen-bond acceptors (Lipinski definition) is 12. The minimum atomic E-state index is -5.71. The molecule has 2 aliphatic heterocycles. The van der Waals surface area contributed by atoms with E-state index in [0.29, 0.717) is 5.82 Å². The van der Waals surface area contributed by atoms with Crippen LogP contribution in [0.25, 0.3) is 11.2 Å². The van der Waals surface area contributed by atoms with Crippen LogP contribution in [0.2, 0.25) is 0 Å². The van der Waals surface area contributed by atoms with Crippen LogP contribution in [0.4, 0.5) is 0 Å². The largest absolute Gasteiger partial charge is 0.490 e. The lowest BCUT2D eigenvalue weighted by molar-refractivity contribution is -0.224. The zero-order chi connectivity index (χ0) is 27.8. The third kappa shape index (κ3) is 5.40. The van der Waals surface area contributed by atoms with Crippen molar-refractivity contribution in [2.75, 3.05) is 6.61 Å². The van der Waals surface area contributed by atoms with Gasteiger partial charge in [0.1, 0.15) is 23.1 Å². The molecule has 2 aromatic heterocycles. The summed E-state index contributed by atoms with van der Waals surface area (Å²) in [6.07, 6.45) is -0.954. The van der Waals surface area contributed by atoms with E-state index in [9.17, 15) is 28.3 Å². The number of aromatic nitrogens is 4. The number of phosphoric ester groups is 1. The lowest BCUT2D eigenvalue weighted by atomic mass is 9.83. The second-order valence-corrected chi connectivity index (χ2v) is 13.6. The van der Waals surface area contributed by atoms with Gasteiger partial charge in [-0.15, -0.1) is 0 Å². The van der Waals surface area contributed by atoms with Crippen molar-refractivity contribution in [2.45, 2.75) is 63.9 Å². The second kappa shape index (κ2) is 8.83. The van der Waals surface area contributed by atoms with Crippen LogP contribution in [0.15, 0.2) is 11.1 Å². The molecule has 2 saturated heterocycles. The molecule has 6 atom stereocenters. The zero-order valence-corrected chi connectivity index (χ0v) is 22.7. The van der Waals surface area contributed by atoms with Gasteiger partial charge in [-0.1, -0.05) is 0 Å². The number of aryl methyl sites for hydroxylation is 1. The van der Waals surface area contributed by atoms with E-state index in [1.165, 1.54) is 10.9 Å². The molecular weight excluding hydrogens is 565 g/mol. The molecule has 0 aromatic carbocycles. The molecule has 2 aromatic rings. The van der Waals surface area contributed by atoms with Gasteiger partial charge in [0.25, 0.3) is 5.56 Å². The topological polar surface area (TPSA) is 251 Å². The van der Waals surface area contributed by atoms with Gasteiger partial charge in [-0.05, 0) is 34.6 Å². The van der Waals surface area contributed by atoms with Crippen molar-refractivity contribution in [2.24, 2.45) is 0 Å². The van der Waals surface area contributed by atoms with Gasteiger partial charge in [-0.2, -0.15) is 8.62 Å². The van der Waals surface area contributed by atoms with Crippen molar-refractivity contribution in [1.82, 2.24) is 19.5 Å². The molecule has 18 nitrogen and oxygen atoms in total. The maximum atomic E-state index is 12.3. The predicted octanol–water partition coefficient (Wildman–Crippen LogP) is 0.969. The van der Waals surface area contributed by atoms with E-state index < -0.39 is 65.0 Å². The number of H-pyrrole nitrogens is 1. The summed E-state index contributed by atoms with van der Waals surface area (Å²) in [5.74, 6) is -0.878. The molecule has 3 unspecified atom stereocenters. The van der Waals surface area contributed by atoms with Crippen molar-refractivity contribution in [3.05, 3.63) is 22.5 Å². The van der Waals surface area contributed by atoms with Crippen molar-refractivity contribution >= 4 is 34.6 Å². The number of imidazole rings is 1. The molecule has 5 N–H and O–H groups in total. The minimum Gasteiger partial charge on any atom is -0.346 e. The molecule has 0 aliphatic carbocycles. The number of hydrogen-bond donors (Lipinski definition) is 5. The van der Waals surface area contributed by atoms with Crippen molar-refractivity contribution in [1.29, 1.82) is 0 Å². The summed E-state index contributed by atoms with van der Waals surface area (Å²) in [6, 6.07) is 0. The summed E-state index contributed by atoms with van der Waals surface area (Å²) >= 11 is 0. The normalized spacial score (nSPS) is 32.8. The summed E-state index contributed by atoms with van der Waals surface area (Å²) in [5.41, 5.74) is -3.02. The highest BCUT2D eigenvalue weighted by Gasteiger charge is 2.72. The lowest BCUT2D eigenvalue weighted by Gasteiger charge is -2.34. The van der Waals surface area contributed by atoms with Crippen molar-refractivity contribution < 1.29 is 60.6 Å². The minimum absolute atomic E-state index is 0.0226. The maximum absolute atomic E-state index is 12.3. The SMILES string of the molecule is Cc1nc2c(ncn2[C@@H]2O[C@H](COP(=O)(O)OP(=O)(O)OP(=O)(O)O)C3(C)OC(C)(C)O[C@@]23C)c(=O)[nH]1. The van der Waals surface area contributed by atoms with Crippen LogP contribution in [-0.2, 0) is 41.1 Å². The third-order valence-corrected chi connectivity index (χ3v) is 9.69. The molecule has 2 aliphatic rings. The standard InChI is InChI=1S/C16H25N4O14P3/c1-8-18-11-10(12(21)19-8)17-7-20(11)13-16(5)15(4,31-14(2,3)32-16)9(30-13)6-29-36(25,26)34-37(27,28)33-35(22,23)24/h7,9,13H,6H2,1-5H3,(H,25,26)(H,27,28)(H,18,19,21)(H2,22,23,24)/t9-,13-,15?,16+/m1/s1. The number of nitrogens with zero attached hydrogens (tertiary/aromatic N) is 3. The van der Waals surface area contributed by atoms with Gasteiger partial charge in [0.2, 0.25) is 0 Å². The van der Waals surface area contributed by atoms with Crippen LogP contribution in [0.1, 0.15) is 39.7 Å². The Hall–Kier alpha value is -1.36. The number of phosphoric acid groups is 3. The van der Waals surface area contributed by atoms with Crippen LogP contribution in [-0.4, -0.2) is 68.8 Å². The number of aromatic amines is 1. The van der Waals surface area contributed by atoms with Crippen LogP contribution in [0.3, 0.4) is 0 Å². The fourth-order valence-electron chi connectivity index (χ4n) is 4.54. The molecule has 4 rings (SSSR count). The predicted molar refractivity (Wildman–Crippen MR) is 120 cm³/mol. The van der Waals surface area contributed by atoms with Gasteiger partial charge >= 0.3 is 23.5 Å². The molecule has 0 amide bonds. The Kier molecular flexibility index (Phi) is 6.83. The van der Waals surface area contributed by atoms with E-state index in [2.05, 4.69) is 23.6 Å². The Morgan fingerprint density at radius 1 is 1.05 bits per heavy atom. The highest BCUT2D eigenvalue weighted by molar-refractivity contribution is 7.66. The highest BCUT2D eigenvalue weighted by atomic mass is 31.3. The summed E-state index contributed by atoms with van der Waals surface area (Å²) < 4.78 is 66.9. The highest BCUT2D eigenvalue weighted by Crippen LogP contribution is 2.67. The summed E-state index contributed by atoms with van der Waals surface area (Å²) in [7, 11) is -16.7. The van der Waals surface area contributed by atoms with Gasteiger partial charge in [-0.25, -0.2) is 23.7 Å². The Labute approximate surface area is 208 Å². The monoisotopic (exact) mass is 590 g/mol. The molecule has 2 fully saturated rings. The van der Waals surface area contributed by atoms with Crippen molar-refractivity contribution in [3.8, 4) is 0 Å². The molecule has 0 radical (unpaired) electrons. The molecular formula is C16H25N4O14P3. The summed E-state index contributed by atoms with van der Waals surface area (Å²) in [4.78, 5) is 59.9. The van der Waals surface area contributed by atoms with Gasteiger partial charge < -0.3 is 38.8 Å². The van der Waals surface area contributed by atoms with E-state index in [4.69, 9.17) is 28.5 Å². The third-order valence-electron chi connectivity index (χ3n) is 5.89. The van der Waals surface area contributed by atoms with E-state index in [1.54, 1.807) is 34.6 Å². The number of rotatable bonds is 8. The average molecular weight is 590 g/mol. The molecule has 0 bridgehead atoms. The smallest absolute Gasteiger partial charge is 0.346 e. The Morgan fingerprint density at radius 3 is 2.30 bits per heavy atom. The molecule has 21 heteroatoms. The van der Waals surface area contributed by atoms with Crippen LogP contribution < -0.4 is 5.56 Å². The summed E-state index contributed by atoms with van der Waals surface area (Å²) in [6.45, 7) is 7.25. The lowest BCUT2D eigenvalue weighted by Crippen LogP contribution is -2.52. The molecule has 4 heterocycles. The van der Waals surface area contributed by atoms with E-state index in [1.807, 2.05) is 0 Å². The van der Waals surface area contributed by atoms with Crippen LogP contribution in [0.5, 0.6) is 0 Å². The first-order chi connectivity index (χ1) is 16.7. The van der Waals surface area contributed by atoms with E-state index >= 15 is 0 Å². The van der Waals surface area contributed by atoms with Crippen LogP contribution in [0, 0.1) is 6.92 Å². The fourth-order valence-corrected chi connectivity index (χ4v) is 7.56. The second-order valence-electron chi connectivity index (χ2n) is 9.16. The number of fused-ring (bicyclic) bond motifs is 2. The molecule has 0 saturated carbocycles. The molecule has 208 valence electrons. The Balaban J connectivity index is 1.65. The number of ether oxygens (including phenoxy) is 3. The number of nitrogens with one attached hydrogen (secondary N) is 1. The zero-order valence-electron chi connectivity index (χ0n) is 20.0. The first-order valence-corrected chi connectivity index (χ1v) is 15.0. The molecule has 0 spiro atoms. The van der Waals surface area contributed by atoms with Gasteiger partial charge in [0, 0.05) is 0 Å². The van der Waals surface area contributed by atoms with Crippen molar-refractivity contribution in [3.63, 3.8) is 0 Å². The van der Waals surface area contributed by atoms with Gasteiger partial charge in [-0.3, -0.25) is 13.9 Å². The van der Waals surface area contributed by atoms with Gasteiger partial charge in [0.05, 0.1) is 12.9 Å². The van der Waals surface area contributed by atoms with E-state index in [-0.39, 0.29) is 11.2 Å². The average Bonchev–Trinajstić information content (AvgIpc) is 3.20. The first-order valence-electron chi connectivity index (χ1n) is 10.4. The fraction of sp³-hybridized carbons (Fsp3) is 0.688. The van der Waals surface area contributed by atoms with E-state index in [0.717, 1.165) is 0 Å². The Morgan fingerprint density at radius 2 is 1.68 bits per heavy atom. The Bertz CT molecular complexity index is 1440. The quantitative estimate of drug-likeness (QED) is 0.269. The summed E-state index contributed by atoms with van der Waals surface area (Å²) in [5, 5.41) is 0. The van der Waals surface area contributed by atoms with Gasteiger partial charge in [0.15, 0.2) is 23.2 Å². The maximum Gasteiger partial charge on any atom is 0.490 e.